The van der Waals surface area contributed by atoms with Crippen molar-refractivity contribution in [3.63, 3.8) is 0 Å². The fraction of sp³-hybridized carbons (Fsp3) is 0.833. The van der Waals surface area contributed by atoms with Gasteiger partial charge in [0.25, 0.3) is 0 Å². The molecule has 3 atom stereocenters. The van der Waals surface area contributed by atoms with Gasteiger partial charge >= 0.3 is 5.97 Å². The normalized spacial score (nSPS) is 29.2. The topological polar surface area (TPSA) is 74.6 Å². The van der Waals surface area contributed by atoms with Gasteiger partial charge in [-0.3, -0.25) is 4.79 Å². The Bertz CT molecular complexity index is 225. The lowest BCUT2D eigenvalue weighted by Crippen LogP contribution is -2.31. The maximum atomic E-state index is 9.71. The van der Waals surface area contributed by atoms with E-state index >= 15 is 0 Å². The molecule has 0 amide bonds. The molecule has 0 spiro atoms. The summed E-state index contributed by atoms with van der Waals surface area (Å²) in [6, 6.07) is 0. The van der Waals surface area contributed by atoms with Crippen LogP contribution in [0, 0.1) is 17.8 Å². The molecule has 1 aliphatic carbocycles. The minimum atomic E-state index is -1.43. The maximum absolute atomic E-state index is 9.71. The van der Waals surface area contributed by atoms with Crippen molar-refractivity contribution in [2.24, 2.45) is 17.8 Å². The first-order valence-electron chi connectivity index (χ1n) is 5.74. The standard InChI is InChI=1S/C10H20O.C2H2O3/c1-7(2)9-5-4-8(3)6-10(9)11;3-1-2(4)5/h7-11H,4-6H2,1-3H3;1H,(H,4,5). The van der Waals surface area contributed by atoms with Crippen LogP contribution in [-0.2, 0) is 9.59 Å². The number of hydrogen-bond acceptors (Lipinski definition) is 3. The highest BCUT2D eigenvalue weighted by Gasteiger charge is 2.28. The second-order valence-electron chi connectivity index (χ2n) is 4.85. The monoisotopic (exact) mass is 230 g/mol. The lowest BCUT2D eigenvalue weighted by Gasteiger charge is -2.33. The third kappa shape index (κ3) is 5.85. The van der Waals surface area contributed by atoms with Crippen LogP contribution in [0.2, 0.25) is 0 Å². The highest BCUT2D eigenvalue weighted by atomic mass is 16.4. The molecular formula is C12H22O4. The number of carboxylic acids is 1. The Labute approximate surface area is 96.7 Å². The van der Waals surface area contributed by atoms with Gasteiger partial charge in [0.2, 0.25) is 6.29 Å². The molecule has 0 aromatic heterocycles. The number of aliphatic carboxylic acids is 1. The van der Waals surface area contributed by atoms with Gasteiger partial charge in [0.15, 0.2) is 0 Å². The van der Waals surface area contributed by atoms with Crippen LogP contribution in [0.1, 0.15) is 40.0 Å². The third-order valence-corrected chi connectivity index (χ3v) is 3.09. The van der Waals surface area contributed by atoms with E-state index in [0.717, 1.165) is 12.3 Å². The SMILES string of the molecule is CC1CCC(C(C)C)C(O)C1.O=CC(=O)O. The fourth-order valence-electron chi connectivity index (χ4n) is 2.15. The Morgan fingerprint density at radius 2 is 1.88 bits per heavy atom. The molecule has 0 radical (unpaired) electrons. The fourth-order valence-corrected chi connectivity index (χ4v) is 2.15. The van der Waals surface area contributed by atoms with Crippen molar-refractivity contribution in [2.75, 3.05) is 0 Å². The summed E-state index contributed by atoms with van der Waals surface area (Å²) < 4.78 is 0. The first-order chi connectivity index (χ1) is 7.38. The van der Waals surface area contributed by atoms with Gasteiger partial charge in [0, 0.05) is 0 Å². The largest absolute Gasteiger partial charge is 0.476 e. The van der Waals surface area contributed by atoms with E-state index in [1.165, 1.54) is 12.8 Å². The number of aliphatic hydroxyl groups excluding tert-OH is 1. The zero-order valence-corrected chi connectivity index (χ0v) is 10.2. The summed E-state index contributed by atoms with van der Waals surface area (Å²) >= 11 is 0. The smallest absolute Gasteiger partial charge is 0.368 e. The zero-order chi connectivity index (χ0) is 12.7. The number of carboxylic acid groups (broad SMARTS) is 1. The van der Waals surface area contributed by atoms with Crippen molar-refractivity contribution in [1.82, 2.24) is 0 Å². The Morgan fingerprint density at radius 1 is 1.38 bits per heavy atom. The van der Waals surface area contributed by atoms with E-state index < -0.39 is 5.97 Å². The second-order valence-corrected chi connectivity index (χ2v) is 4.85. The van der Waals surface area contributed by atoms with Gasteiger partial charge < -0.3 is 10.2 Å². The molecule has 1 rings (SSSR count). The van der Waals surface area contributed by atoms with Crippen molar-refractivity contribution in [2.45, 2.75) is 46.1 Å². The van der Waals surface area contributed by atoms with Gasteiger partial charge in [-0.05, 0) is 30.6 Å². The maximum Gasteiger partial charge on any atom is 0.368 e. The van der Waals surface area contributed by atoms with Crippen molar-refractivity contribution in [3.05, 3.63) is 0 Å². The van der Waals surface area contributed by atoms with Crippen molar-refractivity contribution in [3.8, 4) is 0 Å². The zero-order valence-electron chi connectivity index (χ0n) is 10.2. The molecule has 94 valence electrons. The Balaban J connectivity index is 0.000000385. The molecule has 0 bridgehead atoms. The number of rotatable bonds is 2. The Kier molecular flexibility index (Phi) is 6.97. The molecular weight excluding hydrogens is 208 g/mol. The van der Waals surface area contributed by atoms with E-state index in [1.54, 1.807) is 0 Å². The summed E-state index contributed by atoms with van der Waals surface area (Å²) in [6.07, 6.45) is 3.35. The molecule has 16 heavy (non-hydrogen) atoms. The summed E-state index contributed by atoms with van der Waals surface area (Å²) in [5, 5.41) is 17.1. The molecule has 1 fully saturated rings. The lowest BCUT2D eigenvalue weighted by molar-refractivity contribution is -0.143. The molecule has 0 aliphatic heterocycles. The molecule has 2 N–H and O–H groups in total. The average Bonchev–Trinajstić information content (AvgIpc) is 2.17. The highest BCUT2D eigenvalue weighted by Crippen LogP contribution is 2.33. The van der Waals surface area contributed by atoms with E-state index in [4.69, 9.17) is 14.7 Å². The number of carbonyl (C=O) groups excluding carboxylic acids is 1. The van der Waals surface area contributed by atoms with E-state index in [0.29, 0.717) is 11.8 Å². The molecule has 1 aliphatic rings. The summed E-state index contributed by atoms with van der Waals surface area (Å²) in [6.45, 7) is 6.66. The van der Waals surface area contributed by atoms with Gasteiger partial charge in [-0.15, -0.1) is 0 Å². The van der Waals surface area contributed by atoms with Crippen LogP contribution in [0.25, 0.3) is 0 Å². The van der Waals surface area contributed by atoms with Crippen molar-refractivity contribution >= 4 is 12.3 Å². The van der Waals surface area contributed by atoms with Crippen molar-refractivity contribution in [1.29, 1.82) is 0 Å². The van der Waals surface area contributed by atoms with E-state index in [-0.39, 0.29) is 12.4 Å². The van der Waals surface area contributed by atoms with Crippen molar-refractivity contribution < 1.29 is 19.8 Å². The number of carbonyl (C=O) groups is 2. The number of hydrogen-bond donors (Lipinski definition) is 2. The van der Waals surface area contributed by atoms with E-state index in [1.807, 2.05) is 0 Å². The van der Waals surface area contributed by atoms with Crippen LogP contribution in [0.3, 0.4) is 0 Å². The van der Waals surface area contributed by atoms with Crippen LogP contribution in [-0.4, -0.2) is 28.6 Å². The summed E-state index contributed by atoms with van der Waals surface area (Å²) in [7, 11) is 0. The molecule has 0 aromatic rings. The minimum Gasteiger partial charge on any atom is -0.476 e. The predicted molar refractivity (Wildman–Crippen MR) is 61.0 cm³/mol. The summed E-state index contributed by atoms with van der Waals surface area (Å²) in [5.41, 5.74) is 0. The quantitative estimate of drug-likeness (QED) is 0.559. The first-order valence-corrected chi connectivity index (χ1v) is 5.74. The minimum absolute atomic E-state index is 0.0289. The van der Waals surface area contributed by atoms with E-state index in [2.05, 4.69) is 20.8 Å². The molecule has 4 nitrogen and oxygen atoms in total. The number of aliphatic hydroxyl groups is 1. The summed E-state index contributed by atoms with van der Waals surface area (Å²) in [4.78, 5) is 17.9. The van der Waals surface area contributed by atoms with Gasteiger partial charge in [0.05, 0.1) is 6.10 Å². The van der Waals surface area contributed by atoms with E-state index in [9.17, 15) is 5.11 Å². The van der Waals surface area contributed by atoms with Crippen LogP contribution < -0.4 is 0 Å². The van der Waals surface area contributed by atoms with Gasteiger partial charge in [-0.25, -0.2) is 4.79 Å². The highest BCUT2D eigenvalue weighted by molar-refractivity contribution is 6.19. The predicted octanol–water partition coefficient (Wildman–Crippen LogP) is 1.71. The molecule has 4 heteroatoms. The van der Waals surface area contributed by atoms with Crippen LogP contribution in [0.15, 0.2) is 0 Å². The summed E-state index contributed by atoms with van der Waals surface area (Å²) in [5.74, 6) is 0.522. The second kappa shape index (κ2) is 7.39. The molecule has 0 saturated heterocycles. The first kappa shape index (κ1) is 15.1. The lowest BCUT2D eigenvalue weighted by atomic mass is 9.75. The Morgan fingerprint density at radius 3 is 2.19 bits per heavy atom. The average molecular weight is 230 g/mol. The third-order valence-electron chi connectivity index (χ3n) is 3.09. The molecule has 1 saturated carbocycles. The van der Waals surface area contributed by atoms with Crippen LogP contribution in [0.5, 0.6) is 0 Å². The Hall–Kier alpha value is -0.900. The molecule has 0 aromatic carbocycles. The van der Waals surface area contributed by atoms with Gasteiger partial charge in [-0.1, -0.05) is 27.2 Å². The number of aldehydes is 1. The van der Waals surface area contributed by atoms with Crippen LogP contribution >= 0.6 is 0 Å². The molecule has 3 unspecified atom stereocenters. The van der Waals surface area contributed by atoms with Gasteiger partial charge in [0.1, 0.15) is 0 Å². The molecule has 0 heterocycles. The van der Waals surface area contributed by atoms with Crippen LogP contribution in [0.4, 0.5) is 0 Å². The van der Waals surface area contributed by atoms with Gasteiger partial charge in [-0.2, -0.15) is 0 Å².